The van der Waals surface area contributed by atoms with E-state index in [1.165, 1.54) is 12.3 Å². The molecule has 0 radical (unpaired) electrons. The van der Waals surface area contributed by atoms with E-state index in [0.29, 0.717) is 5.69 Å². The molecule has 28 heavy (non-hydrogen) atoms. The van der Waals surface area contributed by atoms with Gasteiger partial charge in [0, 0.05) is 5.69 Å². The number of carbonyl (C=O) groups is 3. The zero-order valence-electron chi connectivity index (χ0n) is 15.0. The van der Waals surface area contributed by atoms with E-state index in [2.05, 4.69) is 16.0 Å². The molecule has 0 fully saturated rings. The molecule has 1 heterocycles. The fraction of sp³-hybridized carbons (Fsp3) is 0.0952. The Morgan fingerprint density at radius 1 is 0.714 bits per heavy atom. The van der Waals surface area contributed by atoms with Crippen molar-refractivity contribution in [2.45, 2.75) is 0 Å². The van der Waals surface area contributed by atoms with Gasteiger partial charge in [0.25, 0.3) is 5.91 Å². The van der Waals surface area contributed by atoms with Gasteiger partial charge in [-0.2, -0.15) is 0 Å². The maximum atomic E-state index is 12.0. The molecular weight excluding hydrogens is 358 g/mol. The van der Waals surface area contributed by atoms with Crippen molar-refractivity contribution < 1.29 is 18.8 Å². The standard InChI is InChI=1S/C21H19N3O4/c25-19(13-23-21(27)18-7-4-12-28-18)22-14-20(26)24-17-10-8-16(9-11-17)15-5-2-1-3-6-15/h1-12H,13-14H2,(H,22,25)(H,23,27)(H,24,26). The molecule has 2 aromatic carbocycles. The number of benzene rings is 2. The van der Waals surface area contributed by atoms with E-state index in [-0.39, 0.29) is 24.8 Å². The second-order valence-electron chi connectivity index (χ2n) is 5.93. The molecule has 3 rings (SSSR count). The van der Waals surface area contributed by atoms with Crippen molar-refractivity contribution in [1.82, 2.24) is 10.6 Å². The molecule has 0 atom stereocenters. The highest BCUT2D eigenvalue weighted by Gasteiger charge is 2.11. The van der Waals surface area contributed by atoms with Crippen molar-refractivity contribution in [3.8, 4) is 11.1 Å². The Morgan fingerprint density at radius 3 is 2.07 bits per heavy atom. The summed E-state index contributed by atoms with van der Waals surface area (Å²) in [7, 11) is 0. The van der Waals surface area contributed by atoms with Crippen LogP contribution in [0.2, 0.25) is 0 Å². The Hall–Kier alpha value is -3.87. The zero-order valence-corrected chi connectivity index (χ0v) is 15.0. The molecule has 0 spiro atoms. The number of nitrogens with one attached hydrogen (secondary N) is 3. The molecule has 7 heteroatoms. The van der Waals surface area contributed by atoms with Crippen LogP contribution in [0, 0.1) is 0 Å². The normalized spacial score (nSPS) is 10.1. The van der Waals surface area contributed by atoms with Crippen molar-refractivity contribution in [3.05, 3.63) is 78.8 Å². The van der Waals surface area contributed by atoms with E-state index < -0.39 is 11.8 Å². The molecule has 0 unspecified atom stereocenters. The van der Waals surface area contributed by atoms with Crippen LogP contribution in [0.4, 0.5) is 5.69 Å². The lowest BCUT2D eigenvalue weighted by Crippen LogP contribution is -2.40. The van der Waals surface area contributed by atoms with E-state index in [1.807, 2.05) is 42.5 Å². The van der Waals surface area contributed by atoms with Crippen molar-refractivity contribution in [2.75, 3.05) is 18.4 Å². The molecule has 0 saturated heterocycles. The third kappa shape index (κ3) is 5.31. The van der Waals surface area contributed by atoms with Gasteiger partial charge in [0.05, 0.1) is 19.4 Å². The molecule has 7 nitrogen and oxygen atoms in total. The molecule has 3 N–H and O–H groups in total. The van der Waals surface area contributed by atoms with Gasteiger partial charge in [-0.05, 0) is 35.4 Å². The molecular formula is C21H19N3O4. The van der Waals surface area contributed by atoms with E-state index in [1.54, 1.807) is 18.2 Å². The van der Waals surface area contributed by atoms with Gasteiger partial charge >= 0.3 is 0 Å². The van der Waals surface area contributed by atoms with E-state index in [0.717, 1.165) is 11.1 Å². The van der Waals surface area contributed by atoms with Gasteiger partial charge in [0.1, 0.15) is 0 Å². The first-order valence-electron chi connectivity index (χ1n) is 8.65. The lowest BCUT2D eigenvalue weighted by Gasteiger charge is -2.08. The lowest BCUT2D eigenvalue weighted by molar-refractivity contribution is -0.123. The number of rotatable bonds is 7. The van der Waals surface area contributed by atoms with Crippen LogP contribution in [0.25, 0.3) is 11.1 Å². The maximum absolute atomic E-state index is 12.0. The summed E-state index contributed by atoms with van der Waals surface area (Å²) in [4.78, 5) is 35.4. The summed E-state index contributed by atoms with van der Waals surface area (Å²) >= 11 is 0. The minimum absolute atomic E-state index is 0.115. The monoisotopic (exact) mass is 377 g/mol. The predicted octanol–water partition coefficient (Wildman–Crippen LogP) is 2.43. The van der Waals surface area contributed by atoms with Gasteiger partial charge in [0.15, 0.2) is 5.76 Å². The number of amides is 3. The van der Waals surface area contributed by atoms with Crippen LogP contribution in [0.1, 0.15) is 10.6 Å². The first-order chi connectivity index (χ1) is 13.6. The zero-order chi connectivity index (χ0) is 19.8. The number of hydrogen-bond donors (Lipinski definition) is 3. The Morgan fingerprint density at radius 2 is 1.39 bits per heavy atom. The quantitative estimate of drug-likeness (QED) is 0.589. The molecule has 0 saturated carbocycles. The van der Waals surface area contributed by atoms with Gasteiger partial charge in [-0.3, -0.25) is 14.4 Å². The topological polar surface area (TPSA) is 100 Å². The molecule has 0 aliphatic carbocycles. The highest BCUT2D eigenvalue weighted by Crippen LogP contribution is 2.20. The SMILES string of the molecule is O=C(CNC(=O)c1ccco1)NCC(=O)Nc1ccc(-c2ccccc2)cc1. The Bertz CT molecular complexity index is 936. The van der Waals surface area contributed by atoms with Crippen LogP contribution in [-0.2, 0) is 9.59 Å². The summed E-state index contributed by atoms with van der Waals surface area (Å²) < 4.78 is 4.92. The van der Waals surface area contributed by atoms with Gasteiger partial charge in [-0.15, -0.1) is 0 Å². The van der Waals surface area contributed by atoms with Crippen molar-refractivity contribution in [3.63, 3.8) is 0 Å². The molecule has 3 aromatic rings. The second kappa shape index (κ2) is 9.18. The number of hydrogen-bond acceptors (Lipinski definition) is 4. The van der Waals surface area contributed by atoms with E-state index in [9.17, 15) is 14.4 Å². The van der Waals surface area contributed by atoms with Gasteiger partial charge in [0.2, 0.25) is 11.8 Å². The molecule has 1 aromatic heterocycles. The third-order valence-electron chi connectivity index (χ3n) is 3.88. The van der Waals surface area contributed by atoms with Crippen LogP contribution in [-0.4, -0.2) is 30.8 Å². The predicted molar refractivity (Wildman–Crippen MR) is 105 cm³/mol. The van der Waals surface area contributed by atoms with Crippen molar-refractivity contribution in [2.24, 2.45) is 0 Å². The maximum Gasteiger partial charge on any atom is 0.287 e. The summed E-state index contributed by atoms with van der Waals surface area (Å²) in [6.45, 7) is -0.450. The summed E-state index contributed by atoms with van der Waals surface area (Å²) in [5, 5.41) is 7.56. The minimum Gasteiger partial charge on any atom is -0.459 e. The average Bonchev–Trinajstić information content (AvgIpc) is 3.27. The highest BCUT2D eigenvalue weighted by molar-refractivity contribution is 5.97. The smallest absolute Gasteiger partial charge is 0.287 e. The van der Waals surface area contributed by atoms with Crippen molar-refractivity contribution in [1.29, 1.82) is 0 Å². The van der Waals surface area contributed by atoms with Crippen molar-refractivity contribution >= 4 is 23.4 Å². The fourth-order valence-corrected chi connectivity index (χ4v) is 2.48. The largest absolute Gasteiger partial charge is 0.459 e. The highest BCUT2D eigenvalue weighted by atomic mass is 16.3. The van der Waals surface area contributed by atoms with Crippen LogP contribution >= 0.6 is 0 Å². The number of furan rings is 1. The summed E-state index contributed by atoms with van der Waals surface area (Å²) in [6, 6.07) is 20.4. The van der Waals surface area contributed by atoms with E-state index >= 15 is 0 Å². The first-order valence-corrected chi connectivity index (χ1v) is 8.65. The third-order valence-corrected chi connectivity index (χ3v) is 3.88. The molecule has 0 aliphatic heterocycles. The fourth-order valence-electron chi connectivity index (χ4n) is 2.48. The lowest BCUT2D eigenvalue weighted by atomic mass is 10.1. The Labute approximate surface area is 161 Å². The van der Waals surface area contributed by atoms with Gasteiger partial charge < -0.3 is 20.4 Å². The molecule has 0 aliphatic rings. The Kier molecular flexibility index (Phi) is 6.20. The summed E-state index contributed by atoms with van der Waals surface area (Å²) in [5.41, 5.74) is 2.76. The summed E-state index contributed by atoms with van der Waals surface area (Å²) in [5.74, 6) is -1.22. The van der Waals surface area contributed by atoms with Crippen LogP contribution in [0.3, 0.4) is 0 Å². The second-order valence-corrected chi connectivity index (χ2v) is 5.93. The Balaban J connectivity index is 1.41. The average molecular weight is 377 g/mol. The summed E-state index contributed by atoms with van der Waals surface area (Å²) in [6.07, 6.45) is 1.37. The molecule has 0 bridgehead atoms. The van der Waals surface area contributed by atoms with Crippen LogP contribution in [0.15, 0.2) is 77.4 Å². The molecule has 142 valence electrons. The van der Waals surface area contributed by atoms with Crippen LogP contribution < -0.4 is 16.0 Å². The van der Waals surface area contributed by atoms with Gasteiger partial charge in [-0.1, -0.05) is 42.5 Å². The molecule has 3 amide bonds. The number of anilines is 1. The van der Waals surface area contributed by atoms with Crippen LogP contribution in [0.5, 0.6) is 0 Å². The van der Waals surface area contributed by atoms with Gasteiger partial charge in [-0.25, -0.2) is 0 Å². The number of carbonyl (C=O) groups excluding carboxylic acids is 3. The van der Waals surface area contributed by atoms with E-state index in [4.69, 9.17) is 4.42 Å². The first kappa shape index (κ1) is 18.9. The minimum atomic E-state index is -0.497.